The maximum atomic E-state index is 12.5. The SMILES string of the molecule is O=C(CCc1ccccc1)NC1CCN(C(=O)CS(=O)(=O)CCCc2ccccc2)CC1. The highest BCUT2D eigenvalue weighted by Gasteiger charge is 2.26. The molecule has 2 aromatic rings. The van der Waals surface area contributed by atoms with E-state index in [0.29, 0.717) is 51.6 Å². The van der Waals surface area contributed by atoms with Gasteiger partial charge in [-0.05, 0) is 43.2 Å². The van der Waals surface area contributed by atoms with Crippen LogP contribution in [-0.4, -0.2) is 55.8 Å². The number of aryl methyl sites for hydroxylation is 2. The van der Waals surface area contributed by atoms with E-state index in [-0.39, 0.29) is 23.6 Å². The molecule has 3 rings (SSSR count). The Morgan fingerprint density at radius 3 is 2.03 bits per heavy atom. The standard InChI is InChI=1S/C25H32N2O4S/c28-24(14-13-22-10-5-2-6-11-22)26-23-15-17-27(18-16-23)25(29)20-32(30,31)19-7-12-21-8-3-1-4-9-21/h1-6,8-11,23H,7,12-20H2,(H,26,28). The zero-order valence-corrected chi connectivity index (χ0v) is 19.2. The van der Waals surface area contributed by atoms with Crippen LogP contribution in [0.2, 0.25) is 0 Å². The second-order valence-corrected chi connectivity index (χ2v) is 10.6. The highest BCUT2D eigenvalue weighted by Crippen LogP contribution is 2.13. The van der Waals surface area contributed by atoms with Gasteiger partial charge in [0.15, 0.2) is 9.84 Å². The third-order valence-corrected chi connectivity index (χ3v) is 7.40. The molecule has 32 heavy (non-hydrogen) atoms. The Bertz CT molecular complexity index is 970. The van der Waals surface area contributed by atoms with Gasteiger partial charge in [0.2, 0.25) is 11.8 Å². The molecule has 0 spiro atoms. The van der Waals surface area contributed by atoms with Crippen LogP contribution in [0.25, 0.3) is 0 Å². The Hall–Kier alpha value is -2.67. The molecule has 0 unspecified atom stereocenters. The van der Waals surface area contributed by atoms with Crippen LogP contribution in [-0.2, 0) is 32.3 Å². The Kier molecular flexibility index (Phi) is 8.85. The van der Waals surface area contributed by atoms with Gasteiger partial charge in [0.05, 0.1) is 5.75 Å². The molecule has 0 saturated carbocycles. The lowest BCUT2D eigenvalue weighted by Gasteiger charge is -2.32. The molecule has 1 aliphatic heterocycles. The maximum absolute atomic E-state index is 12.5. The number of rotatable bonds is 10. The van der Waals surface area contributed by atoms with Crippen molar-refractivity contribution >= 4 is 21.7 Å². The van der Waals surface area contributed by atoms with E-state index in [1.807, 2.05) is 60.7 Å². The summed E-state index contributed by atoms with van der Waals surface area (Å²) in [6.45, 7) is 0.948. The van der Waals surface area contributed by atoms with Crippen LogP contribution in [0.3, 0.4) is 0 Å². The van der Waals surface area contributed by atoms with E-state index in [1.165, 1.54) is 0 Å². The lowest BCUT2D eigenvalue weighted by atomic mass is 10.0. The van der Waals surface area contributed by atoms with E-state index in [2.05, 4.69) is 5.32 Å². The number of likely N-dealkylation sites (tertiary alicyclic amines) is 1. The largest absolute Gasteiger partial charge is 0.353 e. The third-order valence-electron chi connectivity index (χ3n) is 5.80. The van der Waals surface area contributed by atoms with Gasteiger partial charge in [0, 0.05) is 25.6 Å². The van der Waals surface area contributed by atoms with Crippen molar-refractivity contribution in [1.82, 2.24) is 10.2 Å². The average molecular weight is 457 g/mol. The summed E-state index contributed by atoms with van der Waals surface area (Å²) in [4.78, 5) is 26.3. The number of hydrogen-bond acceptors (Lipinski definition) is 4. The van der Waals surface area contributed by atoms with Crippen molar-refractivity contribution in [2.45, 2.75) is 44.6 Å². The molecule has 1 saturated heterocycles. The summed E-state index contributed by atoms with van der Waals surface area (Å²) in [5, 5.41) is 3.05. The fraction of sp³-hybridized carbons (Fsp3) is 0.440. The highest BCUT2D eigenvalue weighted by atomic mass is 32.2. The molecule has 2 aromatic carbocycles. The topological polar surface area (TPSA) is 83.6 Å². The summed E-state index contributed by atoms with van der Waals surface area (Å²) < 4.78 is 24.7. The van der Waals surface area contributed by atoms with Crippen LogP contribution in [0.15, 0.2) is 60.7 Å². The highest BCUT2D eigenvalue weighted by molar-refractivity contribution is 7.92. The number of piperidine rings is 1. The minimum absolute atomic E-state index is 0.0135. The number of amides is 2. The van der Waals surface area contributed by atoms with E-state index < -0.39 is 15.6 Å². The van der Waals surface area contributed by atoms with Gasteiger partial charge in [0.1, 0.15) is 5.75 Å². The molecule has 0 bridgehead atoms. The minimum atomic E-state index is -3.43. The summed E-state index contributed by atoms with van der Waals surface area (Å²) in [6.07, 6.45) is 3.63. The smallest absolute Gasteiger partial charge is 0.237 e. The summed E-state index contributed by atoms with van der Waals surface area (Å²) >= 11 is 0. The van der Waals surface area contributed by atoms with Crippen molar-refractivity contribution in [2.24, 2.45) is 0 Å². The maximum Gasteiger partial charge on any atom is 0.237 e. The van der Waals surface area contributed by atoms with Gasteiger partial charge < -0.3 is 10.2 Å². The molecule has 0 atom stereocenters. The van der Waals surface area contributed by atoms with Gasteiger partial charge in [-0.1, -0.05) is 60.7 Å². The van der Waals surface area contributed by atoms with Crippen molar-refractivity contribution < 1.29 is 18.0 Å². The number of sulfone groups is 1. The second kappa shape index (κ2) is 11.8. The Balaban J connectivity index is 1.34. The molecule has 1 aliphatic rings. The van der Waals surface area contributed by atoms with Crippen molar-refractivity contribution in [2.75, 3.05) is 24.6 Å². The summed E-state index contributed by atoms with van der Waals surface area (Å²) in [7, 11) is -3.43. The van der Waals surface area contributed by atoms with Crippen LogP contribution in [0.1, 0.15) is 36.8 Å². The number of carbonyl (C=O) groups is 2. The normalized spacial score (nSPS) is 14.8. The van der Waals surface area contributed by atoms with Crippen LogP contribution >= 0.6 is 0 Å². The van der Waals surface area contributed by atoms with Crippen LogP contribution in [0, 0.1) is 0 Å². The molecule has 0 radical (unpaired) electrons. The molecule has 1 heterocycles. The Morgan fingerprint density at radius 1 is 0.875 bits per heavy atom. The number of nitrogens with one attached hydrogen (secondary N) is 1. The fourth-order valence-corrected chi connectivity index (χ4v) is 5.26. The lowest BCUT2D eigenvalue weighted by Crippen LogP contribution is -2.48. The third kappa shape index (κ3) is 8.11. The van der Waals surface area contributed by atoms with Gasteiger partial charge in [-0.15, -0.1) is 0 Å². The van der Waals surface area contributed by atoms with Crippen molar-refractivity contribution in [3.05, 3.63) is 71.8 Å². The Morgan fingerprint density at radius 2 is 1.44 bits per heavy atom. The number of carbonyl (C=O) groups excluding carboxylic acids is 2. The van der Waals surface area contributed by atoms with E-state index in [4.69, 9.17) is 0 Å². The molecular formula is C25H32N2O4S. The first kappa shape index (κ1) is 24.0. The van der Waals surface area contributed by atoms with E-state index in [9.17, 15) is 18.0 Å². The van der Waals surface area contributed by atoms with Crippen LogP contribution in [0.4, 0.5) is 0 Å². The molecule has 7 heteroatoms. The minimum Gasteiger partial charge on any atom is -0.353 e. The monoisotopic (exact) mass is 456 g/mol. The molecule has 6 nitrogen and oxygen atoms in total. The molecule has 1 fully saturated rings. The molecule has 2 amide bonds. The van der Waals surface area contributed by atoms with Crippen LogP contribution < -0.4 is 5.32 Å². The lowest BCUT2D eigenvalue weighted by molar-refractivity contribution is -0.129. The van der Waals surface area contributed by atoms with Crippen LogP contribution in [0.5, 0.6) is 0 Å². The predicted octanol–water partition coefficient (Wildman–Crippen LogP) is 2.77. The summed E-state index contributed by atoms with van der Waals surface area (Å²) in [6, 6.07) is 19.7. The first-order valence-corrected chi connectivity index (χ1v) is 13.1. The van der Waals surface area contributed by atoms with Crippen molar-refractivity contribution in [3.63, 3.8) is 0 Å². The molecule has 0 aliphatic carbocycles. The van der Waals surface area contributed by atoms with E-state index in [0.717, 1.165) is 11.1 Å². The van der Waals surface area contributed by atoms with Crippen molar-refractivity contribution in [1.29, 1.82) is 0 Å². The van der Waals surface area contributed by atoms with Crippen molar-refractivity contribution in [3.8, 4) is 0 Å². The van der Waals surface area contributed by atoms with Gasteiger partial charge in [0.25, 0.3) is 0 Å². The van der Waals surface area contributed by atoms with Gasteiger partial charge >= 0.3 is 0 Å². The second-order valence-electron chi connectivity index (χ2n) is 8.39. The average Bonchev–Trinajstić information content (AvgIpc) is 2.79. The number of nitrogens with zero attached hydrogens (tertiary/aromatic N) is 1. The fourth-order valence-electron chi connectivity index (χ4n) is 3.97. The first-order chi connectivity index (χ1) is 15.4. The molecular weight excluding hydrogens is 424 g/mol. The zero-order chi connectivity index (χ0) is 22.8. The van der Waals surface area contributed by atoms with E-state index in [1.54, 1.807) is 4.90 Å². The first-order valence-electron chi connectivity index (χ1n) is 11.3. The van der Waals surface area contributed by atoms with Gasteiger partial charge in [-0.25, -0.2) is 8.42 Å². The Labute approximate surface area is 190 Å². The number of benzene rings is 2. The number of hydrogen-bond donors (Lipinski definition) is 1. The quantitative estimate of drug-likeness (QED) is 0.596. The molecule has 1 N–H and O–H groups in total. The summed E-state index contributed by atoms with van der Waals surface area (Å²) in [5.74, 6) is -0.740. The molecule has 0 aromatic heterocycles. The van der Waals surface area contributed by atoms with Gasteiger partial charge in [-0.2, -0.15) is 0 Å². The molecule has 172 valence electrons. The van der Waals surface area contributed by atoms with E-state index >= 15 is 0 Å². The predicted molar refractivity (Wildman–Crippen MR) is 126 cm³/mol. The van der Waals surface area contributed by atoms with Gasteiger partial charge in [-0.3, -0.25) is 9.59 Å². The summed E-state index contributed by atoms with van der Waals surface area (Å²) in [5.41, 5.74) is 2.23. The zero-order valence-electron chi connectivity index (χ0n) is 18.4.